The number of unbranched alkanes of at least 4 members (excludes halogenated alkanes) is 1. The highest BCUT2D eigenvalue weighted by Crippen LogP contribution is 2.37. The van der Waals surface area contributed by atoms with Gasteiger partial charge in [0.25, 0.3) is 0 Å². The number of para-hydroxylation sites is 2. The first-order valence-electron chi connectivity index (χ1n) is 9.32. The molecule has 3 rings (SSSR count). The zero-order valence-corrected chi connectivity index (χ0v) is 16.9. The molecule has 0 aliphatic carbocycles. The van der Waals surface area contributed by atoms with Crippen LogP contribution in [0, 0.1) is 0 Å². The summed E-state index contributed by atoms with van der Waals surface area (Å²) in [5.74, 6) is 0.0857. The van der Waals surface area contributed by atoms with Gasteiger partial charge >= 0.3 is 6.18 Å². The molecule has 1 aromatic heterocycles. The molecule has 2 aromatic carbocycles. The van der Waals surface area contributed by atoms with Crippen molar-refractivity contribution in [2.45, 2.75) is 25.9 Å². The van der Waals surface area contributed by atoms with Gasteiger partial charge in [-0.05, 0) is 42.8 Å². The Morgan fingerprint density at radius 2 is 1.77 bits per heavy atom. The molecule has 3 aromatic rings. The zero-order valence-electron chi connectivity index (χ0n) is 16.1. The predicted octanol–water partition coefficient (Wildman–Crippen LogP) is 6.81. The summed E-state index contributed by atoms with van der Waals surface area (Å²) in [6, 6.07) is 13.4. The van der Waals surface area contributed by atoms with Crippen molar-refractivity contribution in [1.82, 2.24) is 9.97 Å². The lowest BCUT2D eigenvalue weighted by molar-refractivity contribution is -0.137. The molecule has 0 amide bonds. The largest absolute Gasteiger partial charge is 0.491 e. The van der Waals surface area contributed by atoms with E-state index >= 15 is 0 Å². The van der Waals surface area contributed by atoms with Gasteiger partial charge in [0.2, 0.25) is 5.95 Å². The average Bonchev–Trinajstić information content (AvgIpc) is 2.70. The Kier molecular flexibility index (Phi) is 6.99. The van der Waals surface area contributed by atoms with E-state index in [9.17, 15) is 13.2 Å². The van der Waals surface area contributed by atoms with Crippen molar-refractivity contribution in [2.75, 3.05) is 17.2 Å². The molecule has 0 bridgehead atoms. The number of halogens is 4. The van der Waals surface area contributed by atoms with E-state index in [1.165, 1.54) is 0 Å². The highest BCUT2D eigenvalue weighted by atomic mass is 35.5. The summed E-state index contributed by atoms with van der Waals surface area (Å²) in [7, 11) is 0. The fraction of sp³-hybridized carbons (Fsp3) is 0.238. The fourth-order valence-corrected chi connectivity index (χ4v) is 2.68. The molecule has 0 radical (unpaired) electrons. The quantitative estimate of drug-likeness (QED) is 0.379. The number of nitrogens with zero attached hydrogens (tertiary/aromatic N) is 2. The van der Waals surface area contributed by atoms with E-state index < -0.39 is 11.7 Å². The topological polar surface area (TPSA) is 59.1 Å². The Labute approximate surface area is 177 Å². The Balaban J connectivity index is 1.91. The van der Waals surface area contributed by atoms with Crippen LogP contribution in [0.5, 0.6) is 5.75 Å². The number of hydrogen-bond donors (Lipinski definition) is 2. The number of benzene rings is 2. The maximum atomic E-state index is 13.5. The van der Waals surface area contributed by atoms with Gasteiger partial charge in [-0.15, -0.1) is 0 Å². The second-order valence-electron chi connectivity index (χ2n) is 6.41. The summed E-state index contributed by atoms with van der Waals surface area (Å²) in [5, 5.41) is 6.16. The zero-order chi connectivity index (χ0) is 21.6. The van der Waals surface area contributed by atoms with Crippen molar-refractivity contribution in [2.24, 2.45) is 0 Å². The van der Waals surface area contributed by atoms with Gasteiger partial charge in [0, 0.05) is 16.9 Å². The molecule has 5 nitrogen and oxygen atoms in total. The predicted molar refractivity (Wildman–Crippen MR) is 112 cm³/mol. The molecule has 1 heterocycles. The molecular formula is C21H20ClF3N4O. The fourth-order valence-electron chi connectivity index (χ4n) is 2.56. The number of ether oxygens (including phenoxy) is 1. The molecule has 0 aliphatic rings. The van der Waals surface area contributed by atoms with Gasteiger partial charge in [0.15, 0.2) is 0 Å². The highest BCUT2D eigenvalue weighted by molar-refractivity contribution is 6.30. The van der Waals surface area contributed by atoms with E-state index in [0.717, 1.165) is 19.0 Å². The summed E-state index contributed by atoms with van der Waals surface area (Å²) in [6.45, 7) is 2.49. The molecule has 2 N–H and O–H groups in total. The van der Waals surface area contributed by atoms with Crippen LogP contribution in [0.25, 0.3) is 0 Å². The molecular weight excluding hydrogens is 417 g/mol. The van der Waals surface area contributed by atoms with Crippen molar-refractivity contribution < 1.29 is 17.9 Å². The number of anilines is 4. The van der Waals surface area contributed by atoms with Crippen molar-refractivity contribution in [3.05, 3.63) is 65.3 Å². The molecule has 0 aliphatic heterocycles. The van der Waals surface area contributed by atoms with E-state index in [0.29, 0.717) is 28.8 Å². The third kappa shape index (κ3) is 5.76. The van der Waals surface area contributed by atoms with Crippen LogP contribution >= 0.6 is 11.6 Å². The highest BCUT2D eigenvalue weighted by Gasteiger charge is 2.35. The first kappa shape index (κ1) is 21.7. The molecule has 0 fully saturated rings. The maximum absolute atomic E-state index is 13.5. The smallest absolute Gasteiger partial charge is 0.421 e. The molecule has 0 saturated carbocycles. The van der Waals surface area contributed by atoms with Crippen LogP contribution in [0.15, 0.2) is 54.7 Å². The lowest BCUT2D eigenvalue weighted by Crippen LogP contribution is -2.13. The second kappa shape index (κ2) is 9.67. The minimum atomic E-state index is -4.63. The Bertz CT molecular complexity index is 981. The van der Waals surface area contributed by atoms with Crippen molar-refractivity contribution in [3.63, 3.8) is 0 Å². The lowest BCUT2D eigenvalue weighted by Gasteiger charge is -2.17. The first-order chi connectivity index (χ1) is 14.4. The van der Waals surface area contributed by atoms with Crippen LogP contribution < -0.4 is 15.4 Å². The van der Waals surface area contributed by atoms with Gasteiger partial charge in [-0.25, -0.2) is 4.98 Å². The molecule has 0 atom stereocenters. The van der Waals surface area contributed by atoms with Crippen LogP contribution in [-0.2, 0) is 6.18 Å². The molecule has 30 heavy (non-hydrogen) atoms. The van der Waals surface area contributed by atoms with E-state index in [4.69, 9.17) is 16.3 Å². The van der Waals surface area contributed by atoms with Crippen molar-refractivity contribution >= 4 is 34.7 Å². The summed E-state index contributed by atoms with van der Waals surface area (Å²) in [5.41, 5.74) is -0.00355. The number of nitrogens with one attached hydrogen (secondary N) is 2. The third-order valence-electron chi connectivity index (χ3n) is 4.09. The van der Waals surface area contributed by atoms with Crippen LogP contribution in [0.2, 0.25) is 5.02 Å². The summed E-state index contributed by atoms with van der Waals surface area (Å²) in [6.07, 6.45) is -2.10. The Morgan fingerprint density at radius 1 is 1.03 bits per heavy atom. The van der Waals surface area contributed by atoms with Crippen LogP contribution in [0.1, 0.15) is 25.3 Å². The SMILES string of the molecule is CCCCOc1ccccc1Nc1nc(Nc2ccc(Cl)cc2)ncc1C(F)(F)F. The Hall–Kier alpha value is -3.00. The van der Waals surface area contributed by atoms with Crippen LogP contribution in [0.4, 0.5) is 36.3 Å². The normalized spacial score (nSPS) is 11.2. The summed E-state index contributed by atoms with van der Waals surface area (Å²) >= 11 is 5.86. The van der Waals surface area contributed by atoms with E-state index in [1.807, 2.05) is 6.92 Å². The summed E-state index contributed by atoms with van der Waals surface area (Å²) in [4.78, 5) is 7.85. The van der Waals surface area contributed by atoms with Gasteiger partial charge < -0.3 is 15.4 Å². The van der Waals surface area contributed by atoms with Gasteiger partial charge in [0.1, 0.15) is 17.1 Å². The van der Waals surface area contributed by atoms with Gasteiger partial charge in [-0.2, -0.15) is 18.2 Å². The average molecular weight is 437 g/mol. The Morgan fingerprint density at radius 3 is 2.47 bits per heavy atom. The summed E-state index contributed by atoms with van der Waals surface area (Å²) < 4.78 is 46.2. The van der Waals surface area contributed by atoms with E-state index in [-0.39, 0.29) is 11.8 Å². The van der Waals surface area contributed by atoms with E-state index in [1.54, 1.807) is 48.5 Å². The molecule has 0 unspecified atom stereocenters. The minimum absolute atomic E-state index is 0.0113. The maximum Gasteiger partial charge on any atom is 0.421 e. The first-order valence-corrected chi connectivity index (χ1v) is 9.70. The third-order valence-corrected chi connectivity index (χ3v) is 4.34. The number of alkyl halides is 3. The standard InChI is InChI=1S/C21H20ClF3N4O/c1-2-3-12-30-18-7-5-4-6-17(18)28-19-16(21(23,24)25)13-26-20(29-19)27-15-10-8-14(22)9-11-15/h4-11,13H,2-3,12H2,1H3,(H2,26,27,28,29). The number of hydrogen-bond acceptors (Lipinski definition) is 5. The molecule has 0 saturated heterocycles. The monoisotopic (exact) mass is 436 g/mol. The van der Waals surface area contributed by atoms with Gasteiger partial charge in [-0.1, -0.05) is 37.1 Å². The van der Waals surface area contributed by atoms with Crippen LogP contribution in [0.3, 0.4) is 0 Å². The van der Waals surface area contributed by atoms with Gasteiger partial charge in [0.05, 0.1) is 12.3 Å². The van der Waals surface area contributed by atoms with Crippen molar-refractivity contribution in [1.29, 1.82) is 0 Å². The molecule has 0 spiro atoms. The van der Waals surface area contributed by atoms with Gasteiger partial charge in [-0.3, -0.25) is 0 Å². The van der Waals surface area contributed by atoms with Crippen molar-refractivity contribution in [3.8, 4) is 5.75 Å². The second-order valence-corrected chi connectivity index (χ2v) is 6.85. The molecule has 9 heteroatoms. The minimum Gasteiger partial charge on any atom is -0.491 e. The molecule has 158 valence electrons. The lowest BCUT2D eigenvalue weighted by atomic mass is 10.2. The van der Waals surface area contributed by atoms with E-state index in [2.05, 4.69) is 20.6 Å². The number of aromatic nitrogens is 2. The van der Waals surface area contributed by atoms with Crippen LogP contribution in [-0.4, -0.2) is 16.6 Å². The number of rotatable bonds is 8.